The molecule has 166 valence electrons. The molecule has 0 radical (unpaired) electrons. The third kappa shape index (κ3) is 4.82. The summed E-state index contributed by atoms with van der Waals surface area (Å²) in [4.78, 5) is 17.9. The van der Waals surface area contributed by atoms with Crippen LogP contribution < -0.4 is 20.3 Å². The molecule has 1 aliphatic heterocycles. The lowest BCUT2D eigenvalue weighted by Gasteiger charge is -2.16. The number of H-pyrrole nitrogens is 1. The van der Waals surface area contributed by atoms with Crippen LogP contribution in [0.1, 0.15) is 24.0 Å². The molecule has 2 heterocycles. The Balaban J connectivity index is 1.47. The average molecular weight is 453 g/mol. The molecule has 0 amide bonds. The van der Waals surface area contributed by atoms with Gasteiger partial charge in [-0.25, -0.2) is 0 Å². The highest BCUT2D eigenvalue weighted by Gasteiger charge is 2.13. The summed E-state index contributed by atoms with van der Waals surface area (Å²) in [5, 5.41) is 13.6. The fourth-order valence-corrected chi connectivity index (χ4v) is 4.16. The molecule has 3 aromatic rings. The molecule has 8 heteroatoms. The molecule has 0 atom stereocenters. The predicted octanol–water partition coefficient (Wildman–Crippen LogP) is 4.15. The maximum atomic E-state index is 12.7. The highest BCUT2D eigenvalue weighted by molar-refractivity contribution is 6.36. The van der Waals surface area contributed by atoms with Crippen LogP contribution in [0.4, 0.5) is 5.69 Å². The molecule has 7 nitrogen and oxygen atoms in total. The highest BCUT2D eigenvalue weighted by Crippen LogP contribution is 2.31. The highest BCUT2D eigenvalue weighted by atomic mass is 35.5. The Kier molecular flexibility index (Phi) is 6.84. The molecule has 2 N–H and O–H groups in total. The number of fused-ring (bicyclic) bond motifs is 1. The van der Waals surface area contributed by atoms with Gasteiger partial charge in [0.15, 0.2) is 0 Å². The average Bonchev–Trinajstić information content (AvgIpc) is 3.33. The second kappa shape index (κ2) is 9.94. The summed E-state index contributed by atoms with van der Waals surface area (Å²) in [6.45, 7) is 3.98. The molecule has 4 rings (SSSR count). The van der Waals surface area contributed by atoms with E-state index in [0.717, 1.165) is 30.7 Å². The lowest BCUT2D eigenvalue weighted by Crippen LogP contribution is -2.25. The van der Waals surface area contributed by atoms with E-state index < -0.39 is 0 Å². The van der Waals surface area contributed by atoms with Gasteiger partial charge in [0.25, 0.3) is 5.56 Å². The molecular weight excluding hydrogens is 428 g/mol. The Bertz CT molecular complexity index is 1210. The number of likely N-dealkylation sites (tertiary alicyclic amines) is 1. The van der Waals surface area contributed by atoms with E-state index in [-0.39, 0.29) is 5.56 Å². The first-order valence-electron chi connectivity index (χ1n) is 10.6. The summed E-state index contributed by atoms with van der Waals surface area (Å²) < 4.78 is 11.1. The monoisotopic (exact) mass is 452 g/mol. The number of nitrogens with zero attached hydrogens (tertiary/aromatic N) is 2. The predicted molar refractivity (Wildman–Crippen MR) is 126 cm³/mol. The number of hydrogen-bond acceptors (Lipinski definition) is 6. The number of rotatable bonds is 8. The third-order valence-electron chi connectivity index (χ3n) is 5.67. The van der Waals surface area contributed by atoms with Gasteiger partial charge in [0, 0.05) is 35.8 Å². The second-order valence-electron chi connectivity index (χ2n) is 7.74. The van der Waals surface area contributed by atoms with Crippen molar-refractivity contribution in [3.63, 3.8) is 0 Å². The van der Waals surface area contributed by atoms with Crippen molar-refractivity contribution in [3.05, 3.63) is 62.9 Å². The summed E-state index contributed by atoms with van der Waals surface area (Å²) in [7, 11) is 1.52. The van der Waals surface area contributed by atoms with Gasteiger partial charge in [-0.1, -0.05) is 11.6 Å². The fraction of sp³-hybridized carbons (Fsp3) is 0.333. The largest absolute Gasteiger partial charge is 0.495 e. The normalized spacial score (nSPS) is 13.8. The number of pyridine rings is 1. The van der Waals surface area contributed by atoms with Gasteiger partial charge >= 0.3 is 0 Å². The van der Waals surface area contributed by atoms with Gasteiger partial charge in [0.1, 0.15) is 29.2 Å². The standard InChI is InChI=1S/C24H25ClN4O3/c1-31-21-13-19(6-4-17(21)14-26)27-15-18-12-16-5-7-20(22(25)23(16)28-24(18)30)32-11-10-29-8-2-3-9-29/h4-7,12-13,27H,2-3,8-11,15H2,1H3,(H,28,30). The Morgan fingerprint density at radius 3 is 2.75 bits per heavy atom. The van der Waals surface area contributed by atoms with Crippen molar-refractivity contribution in [2.75, 3.05) is 38.7 Å². The minimum Gasteiger partial charge on any atom is -0.495 e. The van der Waals surface area contributed by atoms with E-state index in [1.165, 1.54) is 20.0 Å². The number of aromatic amines is 1. The topological polar surface area (TPSA) is 90.4 Å². The van der Waals surface area contributed by atoms with Crippen molar-refractivity contribution < 1.29 is 9.47 Å². The van der Waals surface area contributed by atoms with Crippen LogP contribution in [0.15, 0.2) is 41.2 Å². The number of nitrogens with one attached hydrogen (secondary N) is 2. The van der Waals surface area contributed by atoms with Gasteiger partial charge in [0.05, 0.1) is 18.2 Å². The first-order valence-corrected chi connectivity index (χ1v) is 11.0. The van der Waals surface area contributed by atoms with E-state index >= 15 is 0 Å². The number of hydrogen-bond donors (Lipinski definition) is 2. The SMILES string of the molecule is COc1cc(NCc2cc3ccc(OCCN4CCCC4)c(Cl)c3[nH]c2=O)ccc1C#N. The van der Waals surface area contributed by atoms with Crippen LogP contribution in [-0.4, -0.2) is 43.2 Å². The molecule has 0 spiro atoms. The van der Waals surface area contributed by atoms with E-state index in [1.807, 2.05) is 18.2 Å². The number of anilines is 1. The molecular formula is C24H25ClN4O3. The number of benzene rings is 2. The molecule has 0 saturated carbocycles. The molecule has 2 aromatic carbocycles. The van der Waals surface area contributed by atoms with Crippen molar-refractivity contribution in [1.82, 2.24) is 9.88 Å². The zero-order valence-electron chi connectivity index (χ0n) is 17.9. The smallest absolute Gasteiger partial charge is 0.253 e. The molecule has 1 aromatic heterocycles. The van der Waals surface area contributed by atoms with Gasteiger partial charge < -0.3 is 19.8 Å². The summed E-state index contributed by atoms with van der Waals surface area (Å²) >= 11 is 6.53. The lowest BCUT2D eigenvalue weighted by atomic mass is 10.1. The van der Waals surface area contributed by atoms with Crippen molar-refractivity contribution in [2.24, 2.45) is 0 Å². The van der Waals surface area contributed by atoms with Gasteiger partial charge in [0.2, 0.25) is 0 Å². The van der Waals surface area contributed by atoms with Crippen LogP contribution in [0.5, 0.6) is 11.5 Å². The number of aromatic nitrogens is 1. The lowest BCUT2D eigenvalue weighted by molar-refractivity contribution is 0.238. The van der Waals surface area contributed by atoms with Gasteiger partial charge in [-0.05, 0) is 56.3 Å². The van der Waals surface area contributed by atoms with Crippen LogP contribution in [0.3, 0.4) is 0 Å². The zero-order valence-corrected chi connectivity index (χ0v) is 18.7. The number of ether oxygens (including phenoxy) is 2. The summed E-state index contributed by atoms with van der Waals surface area (Å²) in [6.07, 6.45) is 2.49. The fourth-order valence-electron chi connectivity index (χ4n) is 3.89. The Hall–Kier alpha value is -3.21. The van der Waals surface area contributed by atoms with E-state index in [4.69, 9.17) is 26.3 Å². The van der Waals surface area contributed by atoms with Crippen molar-refractivity contribution >= 4 is 28.2 Å². The van der Waals surface area contributed by atoms with Crippen molar-refractivity contribution in [3.8, 4) is 17.6 Å². The van der Waals surface area contributed by atoms with Crippen LogP contribution in [-0.2, 0) is 6.54 Å². The van der Waals surface area contributed by atoms with Gasteiger partial charge in [-0.2, -0.15) is 5.26 Å². The number of methoxy groups -OCH3 is 1. The number of halogens is 1. The molecule has 1 fully saturated rings. The molecule has 32 heavy (non-hydrogen) atoms. The van der Waals surface area contributed by atoms with Crippen molar-refractivity contribution in [1.29, 1.82) is 5.26 Å². The molecule has 0 bridgehead atoms. The molecule has 1 aliphatic rings. The number of nitriles is 1. The minimum absolute atomic E-state index is 0.221. The molecule has 0 unspecified atom stereocenters. The molecule has 0 aliphatic carbocycles. The quantitative estimate of drug-likeness (QED) is 0.533. The zero-order chi connectivity index (χ0) is 22.5. The Morgan fingerprint density at radius 1 is 1.19 bits per heavy atom. The first kappa shape index (κ1) is 22.0. The maximum Gasteiger partial charge on any atom is 0.253 e. The molecule has 1 saturated heterocycles. The van der Waals surface area contributed by atoms with Crippen molar-refractivity contribution in [2.45, 2.75) is 19.4 Å². The van der Waals surface area contributed by atoms with E-state index in [9.17, 15) is 4.79 Å². The van der Waals surface area contributed by atoms with Gasteiger partial charge in [-0.3, -0.25) is 9.69 Å². The summed E-state index contributed by atoms with van der Waals surface area (Å²) in [6, 6.07) is 12.8. The second-order valence-corrected chi connectivity index (χ2v) is 8.12. The summed E-state index contributed by atoms with van der Waals surface area (Å²) in [5.41, 5.74) is 2.12. The van der Waals surface area contributed by atoms with Crippen LogP contribution in [0.25, 0.3) is 10.9 Å². The summed E-state index contributed by atoms with van der Waals surface area (Å²) in [5.74, 6) is 1.05. The third-order valence-corrected chi connectivity index (χ3v) is 6.04. The van der Waals surface area contributed by atoms with E-state index in [1.54, 1.807) is 18.2 Å². The van der Waals surface area contributed by atoms with Crippen LogP contribution >= 0.6 is 11.6 Å². The van der Waals surface area contributed by atoms with E-state index in [0.29, 0.717) is 46.3 Å². The van der Waals surface area contributed by atoms with E-state index in [2.05, 4.69) is 21.3 Å². The maximum absolute atomic E-state index is 12.7. The first-order chi connectivity index (χ1) is 15.6. The Morgan fingerprint density at radius 2 is 2.00 bits per heavy atom. The Labute approximate surface area is 191 Å². The van der Waals surface area contributed by atoms with Gasteiger partial charge in [-0.15, -0.1) is 0 Å². The minimum atomic E-state index is -0.221. The van der Waals surface area contributed by atoms with Crippen LogP contribution in [0.2, 0.25) is 5.02 Å². The van der Waals surface area contributed by atoms with Crippen LogP contribution in [0, 0.1) is 11.3 Å².